The average Bonchev–Trinajstić information content (AvgIpc) is 2.87. The molecule has 0 saturated heterocycles. The summed E-state index contributed by atoms with van der Waals surface area (Å²) < 4.78 is 46.8. The number of ether oxygens (including phenoxy) is 1. The molecular weight excluding hydrogens is 353 g/mol. The highest BCUT2D eigenvalue weighted by molar-refractivity contribution is 5.79. The van der Waals surface area contributed by atoms with Crippen molar-refractivity contribution in [2.75, 3.05) is 18.6 Å². The molecule has 1 aliphatic heterocycles. The molecule has 1 aliphatic rings. The van der Waals surface area contributed by atoms with Crippen molar-refractivity contribution >= 4 is 11.9 Å². The summed E-state index contributed by atoms with van der Waals surface area (Å²) in [4.78, 5) is 2.04. The van der Waals surface area contributed by atoms with Gasteiger partial charge in [0.25, 0.3) is 0 Å². The van der Waals surface area contributed by atoms with Gasteiger partial charge in [0.15, 0.2) is 11.6 Å². The summed E-state index contributed by atoms with van der Waals surface area (Å²) in [6, 6.07) is 7.12. The molecule has 0 fully saturated rings. The number of anilines is 1. The molecule has 0 bridgehead atoms. The predicted octanol–water partition coefficient (Wildman–Crippen LogP) is 4.99. The monoisotopic (exact) mass is 374 g/mol. The topological polar surface area (TPSA) is 36.3 Å². The Morgan fingerprint density at radius 3 is 2.44 bits per heavy atom. The Hall–Kier alpha value is -2.76. The minimum Gasteiger partial charge on any atom is -0.497 e. The first-order valence-corrected chi connectivity index (χ1v) is 8.66. The van der Waals surface area contributed by atoms with E-state index in [1.54, 1.807) is 13.2 Å². The zero-order chi connectivity index (χ0) is 19.8. The molecule has 1 heterocycles. The van der Waals surface area contributed by atoms with Gasteiger partial charge in [-0.05, 0) is 61.7 Å². The van der Waals surface area contributed by atoms with Crippen LogP contribution in [0, 0.1) is 22.9 Å². The zero-order valence-corrected chi connectivity index (χ0v) is 15.4. The van der Waals surface area contributed by atoms with Crippen LogP contribution in [-0.2, 0) is 11.8 Å². The second-order valence-corrected chi connectivity index (χ2v) is 6.71. The second kappa shape index (κ2) is 7.10. The SMILES string of the molecule is CCN1/C(=C\C=N)C(C)(Cc2cc(F)c(F)cc2F)c2cc(OC)ccc21. The maximum atomic E-state index is 14.4. The predicted molar refractivity (Wildman–Crippen MR) is 100 cm³/mol. The molecule has 6 heteroatoms. The molecule has 0 aromatic heterocycles. The number of fused-ring (bicyclic) bond motifs is 1. The molecular formula is C21H21F3N2O. The lowest BCUT2D eigenvalue weighted by Gasteiger charge is -2.30. The molecule has 0 radical (unpaired) electrons. The highest BCUT2D eigenvalue weighted by Gasteiger charge is 2.43. The van der Waals surface area contributed by atoms with Crippen molar-refractivity contribution < 1.29 is 17.9 Å². The van der Waals surface area contributed by atoms with Crippen molar-refractivity contribution in [3.63, 3.8) is 0 Å². The smallest absolute Gasteiger partial charge is 0.161 e. The van der Waals surface area contributed by atoms with Gasteiger partial charge in [0.1, 0.15) is 11.6 Å². The van der Waals surface area contributed by atoms with Crippen molar-refractivity contribution in [3.05, 3.63) is 70.7 Å². The summed E-state index contributed by atoms with van der Waals surface area (Å²) in [5.74, 6) is -2.43. The maximum Gasteiger partial charge on any atom is 0.161 e. The highest BCUT2D eigenvalue weighted by Crippen LogP contribution is 2.50. The Labute approximate surface area is 156 Å². The van der Waals surface area contributed by atoms with E-state index in [4.69, 9.17) is 10.1 Å². The van der Waals surface area contributed by atoms with Crippen LogP contribution in [-0.4, -0.2) is 19.9 Å². The van der Waals surface area contributed by atoms with Crippen molar-refractivity contribution in [1.82, 2.24) is 0 Å². The van der Waals surface area contributed by atoms with E-state index in [1.165, 1.54) is 6.21 Å². The number of halogens is 3. The van der Waals surface area contributed by atoms with Gasteiger partial charge in [-0.3, -0.25) is 0 Å². The largest absolute Gasteiger partial charge is 0.497 e. The van der Waals surface area contributed by atoms with Gasteiger partial charge < -0.3 is 15.0 Å². The molecule has 142 valence electrons. The van der Waals surface area contributed by atoms with Gasteiger partial charge in [0.05, 0.1) is 7.11 Å². The molecule has 2 aromatic carbocycles. The number of methoxy groups -OCH3 is 1. The molecule has 3 rings (SSSR count). The Kier molecular flexibility index (Phi) is 5.00. The first-order chi connectivity index (χ1) is 12.8. The molecule has 0 saturated carbocycles. The summed E-state index contributed by atoms with van der Waals surface area (Å²) in [6.07, 6.45) is 2.96. The third-order valence-corrected chi connectivity index (χ3v) is 5.14. The van der Waals surface area contributed by atoms with Gasteiger partial charge in [-0.25, -0.2) is 13.2 Å². The van der Waals surface area contributed by atoms with Crippen LogP contribution in [0.3, 0.4) is 0 Å². The average molecular weight is 374 g/mol. The van der Waals surface area contributed by atoms with Crippen molar-refractivity contribution in [2.45, 2.75) is 25.7 Å². The van der Waals surface area contributed by atoms with Crippen molar-refractivity contribution in [3.8, 4) is 5.75 Å². The molecule has 27 heavy (non-hydrogen) atoms. The van der Waals surface area contributed by atoms with Gasteiger partial charge >= 0.3 is 0 Å². The fourth-order valence-electron chi connectivity index (χ4n) is 3.84. The summed E-state index contributed by atoms with van der Waals surface area (Å²) in [5.41, 5.74) is 1.96. The first kappa shape index (κ1) is 19.0. The van der Waals surface area contributed by atoms with Crippen LogP contribution in [0.5, 0.6) is 5.75 Å². The van der Waals surface area contributed by atoms with Gasteiger partial charge in [-0.2, -0.15) is 0 Å². The lowest BCUT2D eigenvalue weighted by molar-refractivity contribution is 0.413. The second-order valence-electron chi connectivity index (χ2n) is 6.71. The van der Waals surface area contributed by atoms with E-state index in [9.17, 15) is 13.2 Å². The fourth-order valence-corrected chi connectivity index (χ4v) is 3.84. The number of likely N-dealkylation sites (N-methyl/N-ethyl adjacent to an activating group) is 1. The van der Waals surface area contributed by atoms with Crippen LogP contribution in [0.1, 0.15) is 25.0 Å². The van der Waals surface area contributed by atoms with E-state index in [2.05, 4.69) is 0 Å². The molecule has 1 unspecified atom stereocenters. The molecule has 1 N–H and O–H groups in total. The number of hydrogen-bond acceptors (Lipinski definition) is 3. The minimum absolute atomic E-state index is 0.0824. The van der Waals surface area contributed by atoms with E-state index in [0.29, 0.717) is 18.4 Å². The molecule has 1 atom stereocenters. The van der Waals surface area contributed by atoms with Crippen LogP contribution in [0.4, 0.5) is 18.9 Å². The summed E-state index contributed by atoms with van der Waals surface area (Å²) >= 11 is 0. The quantitative estimate of drug-likeness (QED) is 0.591. The summed E-state index contributed by atoms with van der Waals surface area (Å²) in [6.45, 7) is 4.54. The van der Waals surface area contributed by atoms with Gasteiger partial charge in [0, 0.05) is 35.6 Å². The van der Waals surface area contributed by atoms with Crippen molar-refractivity contribution in [2.24, 2.45) is 0 Å². The molecule has 3 nitrogen and oxygen atoms in total. The third-order valence-electron chi connectivity index (χ3n) is 5.14. The van der Waals surface area contributed by atoms with Crippen molar-refractivity contribution in [1.29, 1.82) is 5.41 Å². The highest BCUT2D eigenvalue weighted by atomic mass is 19.2. The van der Waals surface area contributed by atoms with E-state index in [1.807, 2.05) is 36.9 Å². The Morgan fingerprint density at radius 2 is 1.81 bits per heavy atom. The van der Waals surface area contributed by atoms with E-state index in [-0.39, 0.29) is 12.0 Å². The van der Waals surface area contributed by atoms with Crippen LogP contribution >= 0.6 is 0 Å². The van der Waals surface area contributed by atoms with Gasteiger partial charge in [0.2, 0.25) is 0 Å². The van der Waals surface area contributed by atoms with E-state index < -0.39 is 22.9 Å². The van der Waals surface area contributed by atoms with Crippen LogP contribution in [0.2, 0.25) is 0 Å². The number of nitrogens with one attached hydrogen (secondary N) is 1. The van der Waals surface area contributed by atoms with Crippen LogP contribution < -0.4 is 9.64 Å². The maximum absolute atomic E-state index is 14.4. The molecule has 0 aliphatic carbocycles. The number of hydrogen-bond donors (Lipinski definition) is 1. The summed E-state index contributed by atoms with van der Waals surface area (Å²) in [7, 11) is 1.56. The Morgan fingerprint density at radius 1 is 1.11 bits per heavy atom. The Bertz CT molecular complexity index is 926. The standard InChI is InChI=1S/C21H21F3N2O/c1-4-26-19-6-5-14(27-3)10-15(19)21(2,20(26)7-8-25)12-13-9-17(23)18(24)11-16(13)22/h5-11,25H,4,12H2,1-3H3/b20-7-,25-8?. The van der Waals surface area contributed by atoms with E-state index in [0.717, 1.165) is 23.0 Å². The summed E-state index contributed by atoms with van der Waals surface area (Å²) in [5, 5.41) is 7.54. The number of benzene rings is 2. The van der Waals surface area contributed by atoms with Crippen LogP contribution in [0.25, 0.3) is 0 Å². The van der Waals surface area contributed by atoms with Gasteiger partial charge in [-0.1, -0.05) is 0 Å². The number of rotatable bonds is 5. The third kappa shape index (κ3) is 3.09. The Balaban J connectivity index is 2.20. The lowest BCUT2D eigenvalue weighted by atomic mass is 9.76. The van der Waals surface area contributed by atoms with E-state index >= 15 is 0 Å². The molecule has 2 aromatic rings. The first-order valence-electron chi connectivity index (χ1n) is 8.66. The number of nitrogens with zero attached hydrogens (tertiary/aromatic N) is 1. The normalized spacial score (nSPS) is 20.1. The van der Waals surface area contributed by atoms with Crippen LogP contribution in [0.15, 0.2) is 42.1 Å². The molecule has 0 amide bonds. The fraction of sp³-hybridized carbons (Fsp3) is 0.286. The number of allylic oxidation sites excluding steroid dienone is 2. The lowest BCUT2D eigenvalue weighted by Crippen LogP contribution is -2.31. The molecule has 0 spiro atoms. The zero-order valence-electron chi connectivity index (χ0n) is 15.4. The van der Waals surface area contributed by atoms with Gasteiger partial charge in [-0.15, -0.1) is 0 Å². The minimum atomic E-state index is -1.21.